The minimum absolute atomic E-state index is 0.0725. The van der Waals surface area contributed by atoms with Crippen LogP contribution in [0.1, 0.15) is 24.2 Å². The number of amides is 1. The summed E-state index contributed by atoms with van der Waals surface area (Å²) in [5.41, 5.74) is 0.911. The molecule has 5 nitrogen and oxygen atoms in total. The Morgan fingerprint density at radius 2 is 1.74 bits per heavy atom. The molecular weight excluding hydrogens is 288 g/mol. The third-order valence-electron chi connectivity index (χ3n) is 2.60. The second-order valence-electron chi connectivity index (χ2n) is 3.88. The molecule has 0 aliphatic rings. The molecular formula is C12H17ClN2O3S. The second kappa shape index (κ2) is 6.77. The van der Waals surface area contributed by atoms with Gasteiger partial charge >= 0.3 is 0 Å². The molecule has 7 heteroatoms. The Morgan fingerprint density at radius 3 is 2.16 bits per heavy atom. The molecule has 0 fully saturated rings. The average molecular weight is 305 g/mol. The maximum atomic E-state index is 12.0. The number of anilines is 1. The zero-order valence-corrected chi connectivity index (χ0v) is 12.5. The quantitative estimate of drug-likeness (QED) is 0.819. The molecule has 106 valence electrons. The summed E-state index contributed by atoms with van der Waals surface area (Å²) in [4.78, 5) is 13.7. The number of hydrogen-bond donors (Lipinski definition) is 1. The first-order chi connectivity index (χ1) is 8.93. The summed E-state index contributed by atoms with van der Waals surface area (Å²) in [6.45, 7) is 5.08. The van der Waals surface area contributed by atoms with Gasteiger partial charge in [-0.25, -0.2) is 8.42 Å². The van der Waals surface area contributed by atoms with Crippen molar-refractivity contribution in [3.8, 4) is 0 Å². The Morgan fingerprint density at radius 1 is 1.21 bits per heavy atom. The molecule has 0 aromatic heterocycles. The smallest absolute Gasteiger partial charge is 0.253 e. The molecule has 0 spiro atoms. The third kappa shape index (κ3) is 4.40. The van der Waals surface area contributed by atoms with Crippen LogP contribution in [-0.4, -0.2) is 37.5 Å². The van der Waals surface area contributed by atoms with E-state index in [-0.39, 0.29) is 5.91 Å². The fraction of sp³-hybridized carbons (Fsp3) is 0.417. The summed E-state index contributed by atoms with van der Waals surface area (Å²) < 4.78 is 24.8. The van der Waals surface area contributed by atoms with Gasteiger partial charge in [-0.15, -0.1) is 11.6 Å². The zero-order chi connectivity index (χ0) is 14.5. The number of hydrogen-bond acceptors (Lipinski definition) is 3. The molecule has 0 unspecified atom stereocenters. The largest absolute Gasteiger partial charge is 0.339 e. The third-order valence-corrected chi connectivity index (χ3v) is 4.30. The molecule has 1 aromatic carbocycles. The van der Waals surface area contributed by atoms with Gasteiger partial charge in [0.15, 0.2) is 0 Å². The van der Waals surface area contributed by atoms with Crippen molar-refractivity contribution in [3.63, 3.8) is 0 Å². The number of carbonyl (C=O) groups excluding carboxylic acids is 1. The van der Waals surface area contributed by atoms with Gasteiger partial charge in [-0.1, -0.05) is 0 Å². The van der Waals surface area contributed by atoms with E-state index in [1.165, 1.54) is 0 Å². The Kier molecular flexibility index (Phi) is 5.62. The van der Waals surface area contributed by atoms with E-state index in [0.717, 1.165) is 0 Å². The summed E-state index contributed by atoms with van der Waals surface area (Å²) in [6.07, 6.45) is 0. The van der Waals surface area contributed by atoms with E-state index < -0.39 is 15.2 Å². The number of nitrogens with zero attached hydrogens (tertiary/aromatic N) is 1. The molecule has 0 radical (unpaired) electrons. The minimum Gasteiger partial charge on any atom is -0.339 e. The molecule has 0 heterocycles. The molecule has 0 aliphatic carbocycles. The number of carbonyl (C=O) groups is 1. The molecule has 0 saturated carbocycles. The van der Waals surface area contributed by atoms with Gasteiger partial charge in [0.1, 0.15) is 5.21 Å². The SMILES string of the molecule is CCN(CC)C(=O)c1ccc(NS(=O)(=O)CCl)cc1. The van der Waals surface area contributed by atoms with Crippen molar-refractivity contribution in [1.82, 2.24) is 4.90 Å². The number of benzene rings is 1. The van der Waals surface area contributed by atoms with Crippen LogP contribution < -0.4 is 4.72 Å². The fourth-order valence-corrected chi connectivity index (χ4v) is 2.29. The lowest BCUT2D eigenvalue weighted by atomic mass is 10.2. The van der Waals surface area contributed by atoms with Gasteiger partial charge in [0, 0.05) is 24.3 Å². The Labute approximate surface area is 118 Å². The van der Waals surface area contributed by atoms with Crippen LogP contribution in [-0.2, 0) is 10.0 Å². The molecule has 0 saturated heterocycles. The first kappa shape index (κ1) is 15.8. The van der Waals surface area contributed by atoms with Gasteiger partial charge in [-0.2, -0.15) is 0 Å². The van der Waals surface area contributed by atoms with Crippen LogP contribution in [0.25, 0.3) is 0 Å². The molecule has 1 rings (SSSR count). The van der Waals surface area contributed by atoms with Crippen LogP contribution in [0.5, 0.6) is 0 Å². The number of halogens is 1. The van der Waals surface area contributed by atoms with Crippen molar-refractivity contribution >= 4 is 33.2 Å². The molecule has 0 bridgehead atoms. The van der Waals surface area contributed by atoms with Crippen LogP contribution in [0.15, 0.2) is 24.3 Å². The second-order valence-corrected chi connectivity index (χ2v) is 6.19. The molecule has 1 aromatic rings. The Balaban J connectivity index is 2.85. The first-order valence-corrected chi connectivity index (χ1v) is 8.08. The lowest BCUT2D eigenvalue weighted by Gasteiger charge is -2.18. The Hall–Kier alpha value is -1.27. The van der Waals surface area contributed by atoms with Crippen molar-refractivity contribution in [2.45, 2.75) is 13.8 Å². The van der Waals surface area contributed by atoms with E-state index >= 15 is 0 Å². The zero-order valence-electron chi connectivity index (χ0n) is 10.9. The van der Waals surface area contributed by atoms with E-state index in [1.807, 2.05) is 13.8 Å². The maximum absolute atomic E-state index is 12.0. The standard InChI is InChI=1S/C12H17ClN2O3S/c1-3-15(4-2)12(16)10-5-7-11(8-6-10)14-19(17,18)9-13/h5-8,14H,3-4,9H2,1-2H3. The van der Waals surface area contributed by atoms with Gasteiger partial charge in [0.05, 0.1) is 0 Å². The summed E-state index contributed by atoms with van der Waals surface area (Å²) in [7, 11) is -3.51. The number of rotatable bonds is 6. The van der Waals surface area contributed by atoms with Gasteiger partial charge in [0.25, 0.3) is 5.91 Å². The van der Waals surface area contributed by atoms with Crippen LogP contribution in [0.3, 0.4) is 0 Å². The average Bonchev–Trinajstić information content (AvgIpc) is 2.40. The topological polar surface area (TPSA) is 66.5 Å². The predicted molar refractivity (Wildman–Crippen MR) is 77.0 cm³/mol. The number of alkyl halides is 1. The van der Waals surface area contributed by atoms with Crippen molar-refractivity contribution in [3.05, 3.63) is 29.8 Å². The fourth-order valence-electron chi connectivity index (χ4n) is 1.58. The number of nitrogens with one attached hydrogen (secondary N) is 1. The van der Waals surface area contributed by atoms with E-state index in [0.29, 0.717) is 24.3 Å². The predicted octanol–water partition coefficient (Wildman–Crippen LogP) is 2.11. The molecule has 0 aliphatic heterocycles. The first-order valence-electron chi connectivity index (χ1n) is 5.89. The van der Waals surface area contributed by atoms with Crippen LogP contribution in [0, 0.1) is 0 Å². The highest BCUT2D eigenvalue weighted by Gasteiger charge is 2.13. The number of sulfonamides is 1. The van der Waals surface area contributed by atoms with E-state index in [2.05, 4.69) is 4.72 Å². The maximum Gasteiger partial charge on any atom is 0.253 e. The summed E-state index contributed by atoms with van der Waals surface area (Å²) in [5, 5.41) is -0.507. The lowest BCUT2D eigenvalue weighted by Crippen LogP contribution is -2.30. The van der Waals surface area contributed by atoms with Gasteiger partial charge in [-0.3, -0.25) is 9.52 Å². The summed E-state index contributed by atoms with van der Waals surface area (Å²) >= 11 is 5.29. The summed E-state index contributed by atoms with van der Waals surface area (Å²) in [5.74, 6) is -0.0725. The highest BCUT2D eigenvalue weighted by molar-refractivity contribution is 7.93. The van der Waals surface area contributed by atoms with Crippen LogP contribution in [0.2, 0.25) is 0 Å². The van der Waals surface area contributed by atoms with Crippen molar-refractivity contribution in [1.29, 1.82) is 0 Å². The highest BCUT2D eigenvalue weighted by Crippen LogP contribution is 2.13. The highest BCUT2D eigenvalue weighted by atomic mass is 35.5. The molecule has 1 N–H and O–H groups in total. The van der Waals surface area contributed by atoms with E-state index in [1.54, 1.807) is 29.2 Å². The van der Waals surface area contributed by atoms with Crippen LogP contribution in [0.4, 0.5) is 5.69 Å². The van der Waals surface area contributed by atoms with Crippen molar-refractivity contribution in [2.24, 2.45) is 0 Å². The summed E-state index contributed by atoms with van der Waals surface area (Å²) in [6, 6.07) is 6.27. The minimum atomic E-state index is -3.51. The van der Waals surface area contributed by atoms with Gasteiger partial charge in [0.2, 0.25) is 10.0 Å². The molecule has 0 atom stereocenters. The van der Waals surface area contributed by atoms with E-state index in [4.69, 9.17) is 11.6 Å². The monoisotopic (exact) mass is 304 g/mol. The van der Waals surface area contributed by atoms with Crippen LogP contribution >= 0.6 is 11.6 Å². The lowest BCUT2D eigenvalue weighted by molar-refractivity contribution is 0.0773. The van der Waals surface area contributed by atoms with Crippen molar-refractivity contribution in [2.75, 3.05) is 23.0 Å². The normalized spacial score (nSPS) is 11.1. The Bertz CT molecular complexity index is 524. The van der Waals surface area contributed by atoms with Crippen molar-refractivity contribution < 1.29 is 13.2 Å². The van der Waals surface area contributed by atoms with Gasteiger partial charge < -0.3 is 4.90 Å². The molecule has 19 heavy (non-hydrogen) atoms. The van der Waals surface area contributed by atoms with Gasteiger partial charge in [-0.05, 0) is 38.1 Å². The van der Waals surface area contributed by atoms with E-state index in [9.17, 15) is 13.2 Å². The molecule has 1 amide bonds.